The summed E-state index contributed by atoms with van der Waals surface area (Å²) >= 11 is 0. The van der Waals surface area contributed by atoms with Gasteiger partial charge >= 0.3 is 23.0 Å². The fourth-order valence-electron chi connectivity index (χ4n) is 0.524. The van der Waals surface area contributed by atoms with Crippen LogP contribution in [0.3, 0.4) is 0 Å². The second kappa shape index (κ2) is 8.56. The molecule has 0 amide bonds. The van der Waals surface area contributed by atoms with Crippen LogP contribution in [0.4, 0.5) is 0 Å². The molecule has 0 aromatic carbocycles. The van der Waals surface area contributed by atoms with Crippen LogP contribution in [-0.2, 0) is 31.4 Å². The molecule has 0 atom stereocenters. The van der Waals surface area contributed by atoms with Gasteiger partial charge in [0.25, 0.3) is 0 Å². The topological polar surface area (TPSA) is 66.4 Å². The summed E-state index contributed by atoms with van der Waals surface area (Å²) in [5.74, 6) is -1.55. The number of carboxylic acid groups (broad SMARTS) is 1. The van der Waals surface area contributed by atoms with E-state index in [-0.39, 0.29) is 36.1 Å². The van der Waals surface area contributed by atoms with Crippen molar-refractivity contribution in [1.82, 2.24) is 0 Å². The molecule has 0 N–H and O–H groups in total. The number of hydrogen-bond donors (Lipinski definition) is 0. The quantitative estimate of drug-likeness (QED) is 0.463. The van der Waals surface area contributed by atoms with E-state index in [1.165, 1.54) is 0 Å². The summed E-state index contributed by atoms with van der Waals surface area (Å²) < 4.78 is 4.53. The molecule has 0 spiro atoms. The standard InChI is InChI=1S/C7H12O4.Cu/c1-2-3-7(10)11-5-4-6(8)9;/h2-5H2,1H3,(H,8,9);/q;+2/p-1. The fraction of sp³-hybridized carbons (Fsp3) is 0.714. The molecule has 0 aliphatic rings. The first kappa shape index (κ1) is 14.0. The average Bonchev–Trinajstić information content (AvgIpc) is 1.87. The average molecular weight is 223 g/mol. The molecular weight excluding hydrogens is 212 g/mol. The van der Waals surface area contributed by atoms with Gasteiger partial charge in [-0.05, 0) is 6.42 Å². The summed E-state index contributed by atoms with van der Waals surface area (Å²) in [5, 5.41) is 9.84. The smallest absolute Gasteiger partial charge is 0.550 e. The summed E-state index contributed by atoms with van der Waals surface area (Å²) in [6, 6.07) is 0. The Hall–Kier alpha value is -0.541. The minimum absolute atomic E-state index is 0. The van der Waals surface area contributed by atoms with Crippen LogP contribution in [0.2, 0.25) is 0 Å². The molecule has 0 fully saturated rings. The van der Waals surface area contributed by atoms with Gasteiger partial charge in [-0.15, -0.1) is 0 Å². The maximum Gasteiger partial charge on any atom is 2.00 e. The number of esters is 1. The molecule has 5 heteroatoms. The van der Waals surface area contributed by atoms with Crippen molar-refractivity contribution in [2.24, 2.45) is 0 Å². The van der Waals surface area contributed by atoms with E-state index in [4.69, 9.17) is 0 Å². The van der Waals surface area contributed by atoms with Crippen molar-refractivity contribution < 1.29 is 36.5 Å². The minimum atomic E-state index is -1.20. The predicted octanol–water partition coefficient (Wildman–Crippen LogP) is -0.533. The Morgan fingerprint density at radius 2 is 1.92 bits per heavy atom. The molecule has 0 unspecified atom stereocenters. The Labute approximate surface area is 81.8 Å². The Kier molecular flexibility index (Phi) is 9.99. The van der Waals surface area contributed by atoms with Gasteiger partial charge in [0, 0.05) is 18.8 Å². The van der Waals surface area contributed by atoms with Crippen molar-refractivity contribution in [3.63, 3.8) is 0 Å². The Balaban J connectivity index is 0. The van der Waals surface area contributed by atoms with E-state index in [2.05, 4.69) is 4.74 Å². The summed E-state index contributed by atoms with van der Waals surface area (Å²) in [7, 11) is 0. The third-order valence-corrected chi connectivity index (χ3v) is 1.02. The Morgan fingerprint density at radius 1 is 1.33 bits per heavy atom. The molecule has 73 valence electrons. The molecule has 0 aromatic heterocycles. The number of ether oxygens (including phenoxy) is 1. The summed E-state index contributed by atoms with van der Waals surface area (Å²) in [6.07, 6.45) is 0.826. The SMILES string of the molecule is CCCC(=O)OCCC(=O)[O-].[Cu+2]. The van der Waals surface area contributed by atoms with E-state index < -0.39 is 5.97 Å². The van der Waals surface area contributed by atoms with E-state index in [9.17, 15) is 14.7 Å². The van der Waals surface area contributed by atoms with Crippen molar-refractivity contribution >= 4 is 11.9 Å². The van der Waals surface area contributed by atoms with E-state index in [1.807, 2.05) is 6.92 Å². The predicted molar refractivity (Wildman–Crippen MR) is 35.5 cm³/mol. The molecule has 0 rings (SSSR count). The van der Waals surface area contributed by atoms with Crippen LogP contribution < -0.4 is 5.11 Å². The monoisotopic (exact) mass is 222 g/mol. The Morgan fingerprint density at radius 3 is 2.33 bits per heavy atom. The van der Waals surface area contributed by atoms with Crippen molar-refractivity contribution in [3.05, 3.63) is 0 Å². The third-order valence-electron chi connectivity index (χ3n) is 1.02. The summed E-state index contributed by atoms with van der Waals surface area (Å²) in [5.41, 5.74) is 0. The molecule has 12 heavy (non-hydrogen) atoms. The molecule has 0 aromatic rings. The first-order chi connectivity index (χ1) is 5.16. The first-order valence-corrected chi connectivity index (χ1v) is 3.52. The number of carboxylic acids is 1. The van der Waals surface area contributed by atoms with Gasteiger partial charge in [-0.1, -0.05) is 6.92 Å². The molecule has 0 saturated heterocycles. The largest absolute Gasteiger partial charge is 2.00 e. The van der Waals surface area contributed by atoms with Gasteiger partial charge in [0.15, 0.2) is 0 Å². The maximum atomic E-state index is 10.6. The second-order valence-corrected chi connectivity index (χ2v) is 2.09. The van der Waals surface area contributed by atoms with Gasteiger partial charge in [0.2, 0.25) is 0 Å². The van der Waals surface area contributed by atoms with Gasteiger partial charge in [-0.3, -0.25) is 4.79 Å². The number of carbonyl (C=O) groups excluding carboxylic acids is 2. The normalized spacial score (nSPS) is 8.42. The van der Waals surface area contributed by atoms with Crippen LogP contribution in [0.5, 0.6) is 0 Å². The number of rotatable bonds is 5. The first-order valence-electron chi connectivity index (χ1n) is 3.52. The molecular formula is C7H11CuO4+. The fourth-order valence-corrected chi connectivity index (χ4v) is 0.524. The van der Waals surface area contributed by atoms with Gasteiger partial charge in [-0.2, -0.15) is 0 Å². The van der Waals surface area contributed by atoms with E-state index in [1.54, 1.807) is 0 Å². The van der Waals surface area contributed by atoms with Crippen molar-refractivity contribution in [2.45, 2.75) is 26.2 Å². The zero-order chi connectivity index (χ0) is 8.69. The van der Waals surface area contributed by atoms with Gasteiger partial charge in [0.05, 0.1) is 6.61 Å². The zero-order valence-corrected chi connectivity index (χ0v) is 7.70. The van der Waals surface area contributed by atoms with Gasteiger partial charge in [0.1, 0.15) is 0 Å². The number of hydrogen-bond acceptors (Lipinski definition) is 4. The molecule has 0 heterocycles. The summed E-state index contributed by atoms with van der Waals surface area (Å²) in [4.78, 5) is 20.4. The number of carbonyl (C=O) groups is 2. The van der Waals surface area contributed by atoms with Crippen LogP contribution in [0.15, 0.2) is 0 Å². The van der Waals surface area contributed by atoms with E-state index in [0.717, 1.165) is 0 Å². The van der Waals surface area contributed by atoms with Crippen LogP contribution in [-0.4, -0.2) is 18.5 Å². The molecule has 0 aliphatic heterocycles. The van der Waals surface area contributed by atoms with E-state index in [0.29, 0.717) is 12.8 Å². The minimum Gasteiger partial charge on any atom is -0.550 e. The molecule has 0 aliphatic carbocycles. The van der Waals surface area contributed by atoms with E-state index >= 15 is 0 Å². The van der Waals surface area contributed by atoms with Crippen molar-refractivity contribution in [2.75, 3.05) is 6.61 Å². The van der Waals surface area contributed by atoms with Gasteiger partial charge in [-0.25, -0.2) is 0 Å². The second-order valence-electron chi connectivity index (χ2n) is 2.09. The van der Waals surface area contributed by atoms with Gasteiger partial charge < -0.3 is 14.6 Å². The summed E-state index contributed by atoms with van der Waals surface area (Å²) in [6.45, 7) is 1.77. The molecule has 1 radical (unpaired) electrons. The van der Waals surface area contributed by atoms with Crippen LogP contribution in [0.1, 0.15) is 26.2 Å². The van der Waals surface area contributed by atoms with Crippen LogP contribution in [0.25, 0.3) is 0 Å². The molecule has 0 bridgehead atoms. The van der Waals surface area contributed by atoms with Crippen molar-refractivity contribution in [1.29, 1.82) is 0 Å². The van der Waals surface area contributed by atoms with Crippen molar-refractivity contribution in [3.8, 4) is 0 Å². The molecule has 0 saturated carbocycles. The maximum absolute atomic E-state index is 10.6. The Bertz CT molecular complexity index is 146. The van der Waals surface area contributed by atoms with Crippen LogP contribution in [0, 0.1) is 0 Å². The van der Waals surface area contributed by atoms with Crippen LogP contribution >= 0.6 is 0 Å². The number of aliphatic carboxylic acids is 1. The molecule has 4 nitrogen and oxygen atoms in total. The third kappa shape index (κ3) is 9.46. The zero-order valence-electron chi connectivity index (χ0n) is 6.76.